The number of carbonyl (C=O) groups excluding carboxylic acids is 1. The minimum Gasteiger partial charge on any atom is -0.494 e. The fourth-order valence-corrected chi connectivity index (χ4v) is 5.10. The van der Waals surface area contributed by atoms with Crippen LogP contribution in [0.2, 0.25) is 0 Å². The summed E-state index contributed by atoms with van der Waals surface area (Å²) in [6.45, 7) is 6.98. The molecule has 2 heterocycles. The van der Waals surface area contributed by atoms with Crippen molar-refractivity contribution in [2.24, 2.45) is 0 Å². The number of amides is 1. The summed E-state index contributed by atoms with van der Waals surface area (Å²) in [4.78, 5) is 29.4. The first-order valence-corrected chi connectivity index (χ1v) is 13.2. The zero-order chi connectivity index (χ0) is 27.7. The molecular formula is C32H33NO6. The van der Waals surface area contributed by atoms with Crippen LogP contribution in [0.25, 0.3) is 11.0 Å². The van der Waals surface area contributed by atoms with Gasteiger partial charge in [0.1, 0.15) is 11.3 Å². The largest absolute Gasteiger partial charge is 0.494 e. The molecule has 7 heteroatoms. The topological polar surface area (TPSA) is 78.2 Å². The Balaban J connectivity index is 1.57. The number of hydrogen-bond donors (Lipinski definition) is 0. The van der Waals surface area contributed by atoms with E-state index >= 15 is 0 Å². The van der Waals surface area contributed by atoms with Crippen LogP contribution in [0.4, 0.5) is 0 Å². The predicted molar refractivity (Wildman–Crippen MR) is 150 cm³/mol. The zero-order valence-electron chi connectivity index (χ0n) is 23.0. The van der Waals surface area contributed by atoms with Gasteiger partial charge in [-0.3, -0.25) is 9.59 Å². The van der Waals surface area contributed by atoms with Gasteiger partial charge in [0.15, 0.2) is 16.9 Å². The van der Waals surface area contributed by atoms with Gasteiger partial charge in [0.2, 0.25) is 5.76 Å². The van der Waals surface area contributed by atoms with Crippen molar-refractivity contribution >= 4 is 16.9 Å². The van der Waals surface area contributed by atoms with Crippen molar-refractivity contribution in [2.75, 3.05) is 27.4 Å². The summed E-state index contributed by atoms with van der Waals surface area (Å²) in [7, 11) is 3.19. The number of benzene rings is 3. The Labute approximate surface area is 227 Å². The van der Waals surface area contributed by atoms with Gasteiger partial charge in [-0.15, -0.1) is 0 Å². The molecule has 0 N–H and O–H groups in total. The van der Waals surface area contributed by atoms with Crippen molar-refractivity contribution in [1.29, 1.82) is 0 Å². The van der Waals surface area contributed by atoms with Crippen molar-refractivity contribution < 1.29 is 23.4 Å². The van der Waals surface area contributed by atoms with Gasteiger partial charge in [0, 0.05) is 6.54 Å². The van der Waals surface area contributed by atoms with E-state index in [4.69, 9.17) is 18.6 Å². The summed E-state index contributed by atoms with van der Waals surface area (Å²) < 4.78 is 22.7. The van der Waals surface area contributed by atoms with Gasteiger partial charge in [-0.1, -0.05) is 25.1 Å². The SMILES string of the molecule is CCCOc1ccc(C2c3c(oc4cc(C)c(C)cc4c3=O)C(=O)N2CCc2ccc(OC)c(OC)c2)cc1. The number of carbonyl (C=O) groups is 1. The molecule has 0 radical (unpaired) electrons. The monoisotopic (exact) mass is 527 g/mol. The average Bonchev–Trinajstić information content (AvgIpc) is 3.23. The lowest BCUT2D eigenvalue weighted by atomic mass is 9.97. The van der Waals surface area contributed by atoms with Gasteiger partial charge in [0.05, 0.1) is 37.8 Å². The second-order valence-corrected chi connectivity index (χ2v) is 9.86. The first-order chi connectivity index (χ1) is 18.9. The fourth-order valence-electron chi connectivity index (χ4n) is 5.10. The van der Waals surface area contributed by atoms with Crippen LogP contribution in [-0.4, -0.2) is 38.2 Å². The van der Waals surface area contributed by atoms with E-state index in [-0.39, 0.29) is 17.1 Å². The Hall–Kier alpha value is -4.26. The highest BCUT2D eigenvalue weighted by Crippen LogP contribution is 2.39. The van der Waals surface area contributed by atoms with Crippen molar-refractivity contribution in [1.82, 2.24) is 4.90 Å². The summed E-state index contributed by atoms with van der Waals surface area (Å²) in [6, 6.07) is 16.4. The molecule has 1 atom stereocenters. The van der Waals surface area contributed by atoms with E-state index in [9.17, 15) is 9.59 Å². The van der Waals surface area contributed by atoms with E-state index in [0.29, 0.717) is 47.6 Å². The predicted octanol–water partition coefficient (Wildman–Crippen LogP) is 6.00. The third-order valence-corrected chi connectivity index (χ3v) is 7.34. The standard InChI is InChI=1S/C32H33NO6/c1-6-15-38-23-10-8-22(9-11-23)29-28-30(34)24-16-19(2)20(3)17-26(24)39-31(28)32(35)33(29)14-13-21-7-12-25(36-4)27(18-21)37-5/h7-12,16-18,29H,6,13-15H2,1-5H3. The molecule has 1 aliphatic heterocycles. The normalized spacial score (nSPS) is 14.5. The lowest BCUT2D eigenvalue weighted by molar-refractivity contribution is 0.0730. The molecule has 1 unspecified atom stereocenters. The lowest BCUT2D eigenvalue weighted by Gasteiger charge is -2.25. The van der Waals surface area contributed by atoms with E-state index < -0.39 is 6.04 Å². The molecular weight excluding hydrogens is 494 g/mol. The molecule has 0 fully saturated rings. The first-order valence-electron chi connectivity index (χ1n) is 13.2. The molecule has 1 aromatic heterocycles. The lowest BCUT2D eigenvalue weighted by Crippen LogP contribution is -2.31. The van der Waals surface area contributed by atoms with Gasteiger partial charge in [-0.2, -0.15) is 0 Å². The molecule has 4 aromatic rings. The van der Waals surface area contributed by atoms with Crippen LogP contribution in [0, 0.1) is 13.8 Å². The summed E-state index contributed by atoms with van der Waals surface area (Å²) in [6.07, 6.45) is 1.46. The first kappa shape index (κ1) is 26.4. The van der Waals surface area contributed by atoms with Crippen LogP contribution in [0.15, 0.2) is 63.8 Å². The number of ether oxygens (including phenoxy) is 3. The quantitative estimate of drug-likeness (QED) is 0.266. The van der Waals surface area contributed by atoms with Gasteiger partial charge in [-0.05, 0) is 85.3 Å². The van der Waals surface area contributed by atoms with E-state index in [1.54, 1.807) is 19.1 Å². The van der Waals surface area contributed by atoms with Gasteiger partial charge in [0.25, 0.3) is 5.91 Å². The zero-order valence-corrected chi connectivity index (χ0v) is 23.0. The van der Waals surface area contributed by atoms with Crippen molar-refractivity contribution in [3.8, 4) is 17.2 Å². The fraction of sp³-hybridized carbons (Fsp3) is 0.312. The molecule has 0 bridgehead atoms. The van der Waals surface area contributed by atoms with Crippen LogP contribution in [0.1, 0.15) is 57.8 Å². The maximum atomic E-state index is 13.9. The Morgan fingerprint density at radius 2 is 1.62 bits per heavy atom. The number of rotatable bonds is 9. The molecule has 3 aromatic carbocycles. The third-order valence-electron chi connectivity index (χ3n) is 7.34. The molecule has 0 spiro atoms. The van der Waals surface area contributed by atoms with E-state index in [0.717, 1.165) is 34.4 Å². The molecule has 7 nitrogen and oxygen atoms in total. The van der Waals surface area contributed by atoms with Crippen LogP contribution in [0.3, 0.4) is 0 Å². The van der Waals surface area contributed by atoms with Crippen molar-refractivity contribution in [3.63, 3.8) is 0 Å². The van der Waals surface area contributed by atoms with E-state index in [1.807, 2.05) is 68.4 Å². The second-order valence-electron chi connectivity index (χ2n) is 9.86. The van der Waals surface area contributed by atoms with Gasteiger partial charge < -0.3 is 23.5 Å². The molecule has 5 rings (SSSR count). The Bertz CT molecular complexity index is 1590. The molecule has 0 saturated carbocycles. The van der Waals surface area contributed by atoms with Gasteiger partial charge in [-0.25, -0.2) is 0 Å². The van der Waals surface area contributed by atoms with Crippen LogP contribution in [-0.2, 0) is 6.42 Å². The number of methoxy groups -OCH3 is 2. The Morgan fingerprint density at radius 1 is 0.897 bits per heavy atom. The molecule has 202 valence electrons. The molecule has 0 saturated heterocycles. The summed E-state index contributed by atoms with van der Waals surface area (Å²) in [5.74, 6) is 1.83. The van der Waals surface area contributed by atoms with E-state index in [2.05, 4.69) is 6.92 Å². The van der Waals surface area contributed by atoms with Crippen LogP contribution in [0.5, 0.6) is 17.2 Å². The third kappa shape index (κ3) is 4.85. The molecule has 0 aliphatic carbocycles. The number of fused-ring (bicyclic) bond motifs is 2. The minimum atomic E-state index is -0.574. The highest BCUT2D eigenvalue weighted by atomic mass is 16.5. The second kappa shape index (κ2) is 10.8. The molecule has 39 heavy (non-hydrogen) atoms. The number of nitrogens with zero attached hydrogens (tertiary/aromatic N) is 1. The maximum absolute atomic E-state index is 13.9. The minimum absolute atomic E-state index is 0.111. The van der Waals surface area contributed by atoms with E-state index in [1.165, 1.54) is 0 Å². The number of hydrogen-bond acceptors (Lipinski definition) is 6. The maximum Gasteiger partial charge on any atom is 0.290 e. The van der Waals surface area contributed by atoms with Crippen LogP contribution < -0.4 is 19.6 Å². The highest BCUT2D eigenvalue weighted by molar-refractivity contribution is 5.99. The Morgan fingerprint density at radius 3 is 2.31 bits per heavy atom. The van der Waals surface area contributed by atoms with Gasteiger partial charge >= 0.3 is 0 Å². The van der Waals surface area contributed by atoms with Crippen LogP contribution >= 0.6 is 0 Å². The summed E-state index contributed by atoms with van der Waals surface area (Å²) in [5.41, 5.74) is 4.44. The molecule has 1 amide bonds. The average molecular weight is 528 g/mol. The Kier molecular flexibility index (Phi) is 7.33. The summed E-state index contributed by atoms with van der Waals surface area (Å²) >= 11 is 0. The van der Waals surface area contributed by atoms with Crippen molar-refractivity contribution in [2.45, 2.75) is 39.7 Å². The summed E-state index contributed by atoms with van der Waals surface area (Å²) in [5, 5.41) is 0.485. The number of aryl methyl sites for hydroxylation is 2. The molecule has 1 aliphatic rings. The smallest absolute Gasteiger partial charge is 0.290 e. The van der Waals surface area contributed by atoms with Crippen molar-refractivity contribution in [3.05, 3.63) is 98.4 Å². The highest BCUT2D eigenvalue weighted by Gasteiger charge is 2.42.